The zero-order valence-corrected chi connectivity index (χ0v) is 15.8. The highest BCUT2D eigenvalue weighted by atomic mass is 79.9. The zero-order valence-electron chi connectivity index (χ0n) is 14.2. The lowest BCUT2D eigenvalue weighted by Crippen LogP contribution is -2.14. The summed E-state index contributed by atoms with van der Waals surface area (Å²) in [5.74, 6) is -1.11. The number of carbonyl (C=O) groups excluding carboxylic acids is 2. The molecule has 0 aliphatic carbocycles. The van der Waals surface area contributed by atoms with Gasteiger partial charge in [-0.2, -0.15) is 0 Å². The van der Waals surface area contributed by atoms with Gasteiger partial charge in [-0.1, -0.05) is 37.6 Å². The minimum atomic E-state index is -0.784. The predicted molar refractivity (Wildman–Crippen MR) is 100 cm³/mol. The highest BCUT2D eigenvalue weighted by Crippen LogP contribution is 2.25. The van der Waals surface area contributed by atoms with E-state index in [1.54, 1.807) is 12.1 Å². The molecule has 136 valence electrons. The first-order valence-corrected chi connectivity index (χ1v) is 8.95. The second-order valence-corrected chi connectivity index (χ2v) is 6.58. The van der Waals surface area contributed by atoms with Crippen molar-refractivity contribution in [2.24, 2.45) is 0 Å². The molecule has 0 atom stereocenters. The molecule has 0 N–H and O–H groups in total. The average Bonchev–Trinajstić information content (AvgIpc) is 2.64. The lowest BCUT2D eigenvalue weighted by molar-refractivity contribution is -0.385. The number of Topliss-reactive ketones (excluding diaryl/α,β-unsaturated/α-hetero) is 1. The summed E-state index contributed by atoms with van der Waals surface area (Å²) in [6.07, 6.45) is 3.15. The normalized spacial score (nSPS) is 10.4. The number of halogens is 1. The molecule has 0 aromatic heterocycles. The Kier molecular flexibility index (Phi) is 7.03. The molecular weight excluding hydrogens is 402 g/mol. The molecule has 0 aliphatic rings. The molecule has 0 bridgehead atoms. The molecule has 0 saturated heterocycles. The van der Waals surface area contributed by atoms with E-state index in [-0.39, 0.29) is 21.5 Å². The molecule has 0 unspecified atom stereocenters. The SMILES string of the molecule is CCCCc1ccc(C(=O)COC(=O)c2ccc(Br)c([N+](=O)[O-])c2)cc1. The van der Waals surface area contributed by atoms with Crippen molar-refractivity contribution in [2.75, 3.05) is 6.61 Å². The third kappa shape index (κ3) is 5.23. The summed E-state index contributed by atoms with van der Waals surface area (Å²) in [6, 6.07) is 11.1. The smallest absolute Gasteiger partial charge is 0.338 e. The van der Waals surface area contributed by atoms with Crippen LogP contribution >= 0.6 is 15.9 Å². The first-order valence-electron chi connectivity index (χ1n) is 8.15. The van der Waals surface area contributed by atoms with Gasteiger partial charge in [0.25, 0.3) is 5.69 Å². The molecule has 0 amide bonds. The predicted octanol–water partition coefficient (Wildman–Crippen LogP) is 4.74. The van der Waals surface area contributed by atoms with Gasteiger partial charge in [-0.25, -0.2) is 4.79 Å². The average molecular weight is 420 g/mol. The van der Waals surface area contributed by atoms with Crippen LogP contribution in [-0.4, -0.2) is 23.3 Å². The lowest BCUT2D eigenvalue weighted by atomic mass is 10.0. The summed E-state index contributed by atoms with van der Waals surface area (Å²) in [7, 11) is 0. The summed E-state index contributed by atoms with van der Waals surface area (Å²) in [6.45, 7) is 1.70. The number of ketones is 1. The number of esters is 1. The Labute approximate surface area is 159 Å². The molecule has 26 heavy (non-hydrogen) atoms. The van der Waals surface area contributed by atoms with Crippen LogP contribution in [0.3, 0.4) is 0 Å². The van der Waals surface area contributed by atoms with Crippen molar-refractivity contribution in [1.29, 1.82) is 0 Å². The monoisotopic (exact) mass is 419 g/mol. The van der Waals surface area contributed by atoms with Gasteiger partial charge in [0.1, 0.15) is 0 Å². The van der Waals surface area contributed by atoms with E-state index in [9.17, 15) is 19.7 Å². The highest BCUT2D eigenvalue weighted by molar-refractivity contribution is 9.10. The van der Waals surface area contributed by atoms with Gasteiger partial charge in [0.05, 0.1) is 15.0 Å². The molecule has 0 aliphatic heterocycles. The number of nitro groups is 1. The maximum absolute atomic E-state index is 12.1. The van der Waals surface area contributed by atoms with Crippen LogP contribution in [0.5, 0.6) is 0 Å². The Balaban J connectivity index is 1.97. The second-order valence-electron chi connectivity index (χ2n) is 5.72. The molecule has 2 rings (SSSR count). The van der Waals surface area contributed by atoms with Crippen molar-refractivity contribution in [1.82, 2.24) is 0 Å². The van der Waals surface area contributed by atoms with E-state index in [4.69, 9.17) is 4.74 Å². The topological polar surface area (TPSA) is 86.5 Å². The van der Waals surface area contributed by atoms with Crippen molar-refractivity contribution in [3.05, 3.63) is 73.7 Å². The first-order chi connectivity index (χ1) is 12.4. The summed E-state index contributed by atoms with van der Waals surface area (Å²) >= 11 is 3.05. The van der Waals surface area contributed by atoms with Crippen molar-refractivity contribution >= 4 is 33.4 Å². The quantitative estimate of drug-likeness (QED) is 0.267. The van der Waals surface area contributed by atoms with Crippen molar-refractivity contribution in [3.63, 3.8) is 0 Å². The summed E-state index contributed by atoms with van der Waals surface area (Å²) in [5.41, 5.74) is 1.39. The van der Waals surface area contributed by atoms with Gasteiger partial charge in [-0.05, 0) is 46.5 Å². The number of benzene rings is 2. The van der Waals surface area contributed by atoms with E-state index >= 15 is 0 Å². The number of rotatable bonds is 8. The largest absolute Gasteiger partial charge is 0.454 e. The van der Waals surface area contributed by atoms with E-state index in [2.05, 4.69) is 22.9 Å². The summed E-state index contributed by atoms with van der Waals surface area (Å²) < 4.78 is 5.25. The molecule has 2 aromatic carbocycles. The minimum absolute atomic E-state index is 0.0163. The van der Waals surface area contributed by atoms with Gasteiger partial charge in [-0.3, -0.25) is 14.9 Å². The van der Waals surface area contributed by atoms with E-state index in [1.807, 2.05) is 12.1 Å². The minimum Gasteiger partial charge on any atom is -0.454 e. The van der Waals surface area contributed by atoms with Crippen LogP contribution in [0.2, 0.25) is 0 Å². The van der Waals surface area contributed by atoms with Gasteiger partial charge in [0.15, 0.2) is 12.4 Å². The number of nitrogens with zero attached hydrogens (tertiary/aromatic N) is 1. The Morgan fingerprint density at radius 2 is 1.77 bits per heavy atom. The molecule has 7 heteroatoms. The van der Waals surface area contributed by atoms with Gasteiger partial charge in [0, 0.05) is 11.6 Å². The number of unbranched alkanes of at least 4 members (excludes halogenated alkanes) is 1. The maximum Gasteiger partial charge on any atom is 0.338 e. The molecule has 6 nitrogen and oxygen atoms in total. The standard InChI is InChI=1S/C19H18BrNO5/c1-2-3-4-13-5-7-14(8-6-13)18(22)12-26-19(23)15-9-10-16(20)17(11-15)21(24)25/h5-11H,2-4,12H2,1H3. The molecule has 0 spiro atoms. The van der Waals surface area contributed by atoms with Crippen LogP contribution < -0.4 is 0 Å². The number of hydrogen-bond acceptors (Lipinski definition) is 5. The Morgan fingerprint density at radius 1 is 1.12 bits per heavy atom. The Hall–Kier alpha value is -2.54. The molecule has 2 aromatic rings. The van der Waals surface area contributed by atoms with Crippen molar-refractivity contribution in [3.8, 4) is 0 Å². The number of carbonyl (C=O) groups is 2. The first kappa shape index (κ1) is 19.8. The Bertz CT molecular complexity index is 817. The summed E-state index contributed by atoms with van der Waals surface area (Å²) in [5, 5.41) is 10.9. The van der Waals surface area contributed by atoms with E-state index < -0.39 is 17.5 Å². The van der Waals surface area contributed by atoms with E-state index in [0.717, 1.165) is 30.9 Å². The van der Waals surface area contributed by atoms with E-state index in [1.165, 1.54) is 12.1 Å². The lowest BCUT2D eigenvalue weighted by Gasteiger charge is -2.06. The summed E-state index contributed by atoms with van der Waals surface area (Å²) in [4.78, 5) is 34.5. The van der Waals surface area contributed by atoms with Crippen LogP contribution in [0, 0.1) is 10.1 Å². The van der Waals surface area contributed by atoms with Crippen molar-refractivity contribution in [2.45, 2.75) is 26.2 Å². The number of nitro benzene ring substituents is 1. The number of ether oxygens (including phenoxy) is 1. The highest BCUT2D eigenvalue weighted by Gasteiger charge is 2.18. The van der Waals surface area contributed by atoms with Crippen LogP contribution in [0.4, 0.5) is 5.69 Å². The van der Waals surface area contributed by atoms with E-state index in [0.29, 0.717) is 5.56 Å². The molecule has 0 fully saturated rings. The maximum atomic E-state index is 12.1. The third-order valence-corrected chi connectivity index (χ3v) is 4.48. The van der Waals surface area contributed by atoms with Crippen molar-refractivity contribution < 1.29 is 19.2 Å². The van der Waals surface area contributed by atoms with Gasteiger partial charge >= 0.3 is 5.97 Å². The molecule has 0 radical (unpaired) electrons. The second kappa shape index (κ2) is 9.24. The third-order valence-electron chi connectivity index (χ3n) is 3.81. The van der Waals surface area contributed by atoms with Crippen LogP contribution in [-0.2, 0) is 11.2 Å². The van der Waals surface area contributed by atoms with Crippen LogP contribution in [0.15, 0.2) is 46.9 Å². The fourth-order valence-electron chi connectivity index (χ4n) is 2.32. The number of aryl methyl sites for hydroxylation is 1. The zero-order chi connectivity index (χ0) is 19.1. The fraction of sp³-hybridized carbons (Fsp3) is 0.263. The van der Waals surface area contributed by atoms with Crippen LogP contribution in [0.25, 0.3) is 0 Å². The van der Waals surface area contributed by atoms with Gasteiger partial charge < -0.3 is 4.74 Å². The van der Waals surface area contributed by atoms with Crippen LogP contribution in [0.1, 0.15) is 46.0 Å². The van der Waals surface area contributed by atoms with Gasteiger partial charge in [0.2, 0.25) is 0 Å². The number of hydrogen-bond donors (Lipinski definition) is 0. The molecule has 0 heterocycles. The fourth-order valence-corrected chi connectivity index (χ4v) is 2.71. The molecular formula is C19H18BrNO5. The Morgan fingerprint density at radius 3 is 2.38 bits per heavy atom. The molecule has 0 saturated carbocycles. The van der Waals surface area contributed by atoms with Gasteiger partial charge in [-0.15, -0.1) is 0 Å².